The number of benzene rings is 1. The Morgan fingerprint density at radius 3 is 2.58 bits per heavy atom. The molecule has 1 aliphatic rings. The maximum absolute atomic E-state index is 12.7. The first kappa shape index (κ1) is 17.5. The third-order valence-corrected chi connectivity index (χ3v) is 7.14. The molecule has 0 unspecified atom stereocenters. The van der Waals surface area contributed by atoms with E-state index in [-0.39, 0.29) is 5.91 Å². The van der Waals surface area contributed by atoms with Gasteiger partial charge < -0.3 is 9.80 Å². The Bertz CT molecular complexity index is 861. The molecular weight excluding hydrogens is 362 g/mol. The summed E-state index contributed by atoms with van der Waals surface area (Å²) in [5.74, 6) is 0.740. The highest BCUT2D eigenvalue weighted by atomic mass is 32.1. The lowest BCUT2D eigenvalue weighted by molar-refractivity contribution is 0.0506. The van der Waals surface area contributed by atoms with Gasteiger partial charge in [0.2, 0.25) is 0 Å². The van der Waals surface area contributed by atoms with Crippen molar-refractivity contribution in [2.75, 3.05) is 31.1 Å². The molecule has 0 aliphatic carbocycles. The molecule has 6 heteroatoms. The molecule has 4 nitrogen and oxygen atoms in total. The molecule has 1 fully saturated rings. The Morgan fingerprint density at radius 1 is 1.19 bits per heavy atom. The second-order valence-corrected chi connectivity index (χ2v) is 8.75. The van der Waals surface area contributed by atoms with Gasteiger partial charge in [-0.15, -0.1) is 11.3 Å². The standard InChI is InChI=1S/C20H23N3OS2/c1-3-22(4-2)20-21-18-16(26-20)11-17(25-18)19(24)23-12-15(13-23)10-14-8-6-5-7-9-14/h5-9,11,15H,3-4,10,12-13H2,1-2H3. The third-order valence-electron chi connectivity index (χ3n) is 4.93. The van der Waals surface area contributed by atoms with Crippen molar-refractivity contribution in [1.82, 2.24) is 9.88 Å². The molecular formula is C20H23N3OS2. The summed E-state index contributed by atoms with van der Waals surface area (Å²) in [4.78, 5) is 23.5. The number of rotatable bonds is 6. The van der Waals surface area contributed by atoms with Gasteiger partial charge in [-0.3, -0.25) is 4.79 Å². The molecule has 0 spiro atoms. The van der Waals surface area contributed by atoms with E-state index in [2.05, 4.69) is 43.0 Å². The number of amides is 1. The van der Waals surface area contributed by atoms with Gasteiger partial charge in [-0.05, 0) is 37.8 Å². The van der Waals surface area contributed by atoms with Crippen LogP contribution < -0.4 is 4.90 Å². The number of hydrogen-bond donors (Lipinski definition) is 0. The van der Waals surface area contributed by atoms with Gasteiger partial charge in [-0.25, -0.2) is 4.98 Å². The van der Waals surface area contributed by atoms with Crippen molar-refractivity contribution >= 4 is 43.2 Å². The predicted octanol–water partition coefficient (Wildman–Crippen LogP) is 4.52. The largest absolute Gasteiger partial charge is 0.349 e. The lowest BCUT2D eigenvalue weighted by Gasteiger charge is -2.39. The molecule has 3 aromatic rings. The van der Waals surface area contributed by atoms with Crippen molar-refractivity contribution in [3.63, 3.8) is 0 Å². The average Bonchev–Trinajstić information content (AvgIpc) is 3.18. The van der Waals surface area contributed by atoms with Crippen LogP contribution in [-0.4, -0.2) is 42.0 Å². The van der Waals surface area contributed by atoms with Crippen molar-refractivity contribution in [1.29, 1.82) is 0 Å². The number of anilines is 1. The normalized spacial score (nSPS) is 14.6. The van der Waals surface area contributed by atoms with Gasteiger partial charge in [0.15, 0.2) is 5.13 Å². The summed E-state index contributed by atoms with van der Waals surface area (Å²) in [5.41, 5.74) is 1.36. The summed E-state index contributed by atoms with van der Waals surface area (Å²) in [6.45, 7) is 7.92. The molecule has 136 valence electrons. The van der Waals surface area contributed by atoms with E-state index in [1.54, 1.807) is 11.3 Å². The Hall–Kier alpha value is -1.92. The maximum Gasteiger partial charge on any atom is 0.264 e. The molecule has 0 bridgehead atoms. The first-order valence-electron chi connectivity index (χ1n) is 9.16. The molecule has 0 N–H and O–H groups in total. The molecule has 26 heavy (non-hydrogen) atoms. The number of fused-ring (bicyclic) bond motifs is 1. The molecule has 1 saturated heterocycles. The van der Waals surface area contributed by atoms with Crippen molar-refractivity contribution in [3.8, 4) is 0 Å². The fourth-order valence-corrected chi connectivity index (χ4v) is 5.73. The fraction of sp³-hybridized carbons (Fsp3) is 0.400. The number of thiophene rings is 1. The van der Waals surface area contributed by atoms with Crippen LogP contribution in [0.1, 0.15) is 29.1 Å². The number of aromatic nitrogens is 1. The Labute approximate surface area is 162 Å². The zero-order valence-corrected chi connectivity index (χ0v) is 16.8. The minimum atomic E-state index is 0.161. The lowest BCUT2D eigenvalue weighted by atomic mass is 9.92. The van der Waals surface area contributed by atoms with E-state index in [0.29, 0.717) is 5.92 Å². The Kier molecular flexibility index (Phi) is 4.96. The van der Waals surface area contributed by atoms with Crippen molar-refractivity contribution in [3.05, 3.63) is 46.8 Å². The monoisotopic (exact) mass is 385 g/mol. The van der Waals surface area contributed by atoms with Gasteiger partial charge in [0, 0.05) is 26.2 Å². The second kappa shape index (κ2) is 7.37. The van der Waals surface area contributed by atoms with Crippen LogP contribution in [0.25, 0.3) is 9.53 Å². The average molecular weight is 386 g/mol. The van der Waals surface area contributed by atoms with Crippen molar-refractivity contribution < 1.29 is 4.79 Å². The highest BCUT2D eigenvalue weighted by Gasteiger charge is 2.32. The maximum atomic E-state index is 12.7. The van der Waals surface area contributed by atoms with Crippen molar-refractivity contribution in [2.45, 2.75) is 20.3 Å². The molecule has 0 radical (unpaired) electrons. The number of hydrogen-bond acceptors (Lipinski definition) is 5. The van der Waals surface area contributed by atoms with Crippen LogP contribution in [0, 0.1) is 5.92 Å². The summed E-state index contributed by atoms with van der Waals surface area (Å²) in [6, 6.07) is 12.6. The molecule has 1 amide bonds. The van der Waals surface area contributed by atoms with Crippen LogP contribution in [0.4, 0.5) is 5.13 Å². The van der Waals surface area contributed by atoms with E-state index in [4.69, 9.17) is 4.98 Å². The number of carbonyl (C=O) groups is 1. The van der Waals surface area contributed by atoms with Gasteiger partial charge in [-0.1, -0.05) is 41.7 Å². The SMILES string of the molecule is CCN(CC)c1nc2sc(C(=O)N3CC(Cc4ccccc4)C3)cc2s1. The van der Waals surface area contributed by atoms with Gasteiger partial charge in [0.05, 0.1) is 9.58 Å². The van der Waals surface area contributed by atoms with Crippen LogP contribution in [0.15, 0.2) is 36.4 Å². The highest BCUT2D eigenvalue weighted by Crippen LogP contribution is 2.36. The topological polar surface area (TPSA) is 36.4 Å². The van der Waals surface area contributed by atoms with Gasteiger partial charge in [0.25, 0.3) is 5.91 Å². The molecule has 4 rings (SSSR count). The van der Waals surface area contributed by atoms with Gasteiger partial charge >= 0.3 is 0 Å². The molecule has 0 saturated carbocycles. The molecule has 1 aliphatic heterocycles. The molecule has 2 aromatic heterocycles. The summed E-state index contributed by atoms with van der Waals surface area (Å²) >= 11 is 3.22. The van der Waals surface area contributed by atoms with E-state index in [9.17, 15) is 4.79 Å². The second-order valence-electron chi connectivity index (χ2n) is 6.71. The number of thiazole rings is 1. The Balaban J connectivity index is 1.39. The minimum absolute atomic E-state index is 0.161. The van der Waals surface area contributed by atoms with Crippen LogP contribution in [0.3, 0.4) is 0 Å². The first-order valence-corrected chi connectivity index (χ1v) is 10.8. The van der Waals surface area contributed by atoms with Gasteiger partial charge in [0.1, 0.15) is 4.83 Å². The van der Waals surface area contributed by atoms with Crippen LogP contribution in [-0.2, 0) is 6.42 Å². The van der Waals surface area contributed by atoms with Gasteiger partial charge in [-0.2, -0.15) is 0 Å². The van der Waals surface area contributed by atoms with E-state index in [1.165, 1.54) is 16.9 Å². The summed E-state index contributed by atoms with van der Waals surface area (Å²) in [6.07, 6.45) is 1.05. The summed E-state index contributed by atoms with van der Waals surface area (Å²) < 4.78 is 1.13. The quantitative estimate of drug-likeness (QED) is 0.626. The van der Waals surface area contributed by atoms with Crippen molar-refractivity contribution in [2.24, 2.45) is 5.92 Å². The number of nitrogens with zero attached hydrogens (tertiary/aromatic N) is 3. The fourth-order valence-electron chi connectivity index (χ4n) is 3.43. The molecule has 3 heterocycles. The van der Waals surface area contributed by atoms with Crippen LogP contribution in [0.2, 0.25) is 0 Å². The third kappa shape index (κ3) is 3.35. The molecule has 0 atom stereocenters. The number of carbonyl (C=O) groups excluding carboxylic acids is 1. The summed E-state index contributed by atoms with van der Waals surface area (Å²) in [7, 11) is 0. The lowest BCUT2D eigenvalue weighted by Crippen LogP contribution is -2.50. The zero-order valence-electron chi connectivity index (χ0n) is 15.1. The van der Waals surface area contributed by atoms with E-state index in [1.807, 2.05) is 17.0 Å². The van der Waals surface area contributed by atoms with Crippen LogP contribution >= 0.6 is 22.7 Å². The van der Waals surface area contributed by atoms with E-state index < -0.39 is 0 Å². The van der Waals surface area contributed by atoms with Crippen LogP contribution in [0.5, 0.6) is 0 Å². The van der Waals surface area contributed by atoms with E-state index >= 15 is 0 Å². The van der Waals surface area contributed by atoms with E-state index in [0.717, 1.165) is 52.1 Å². The Morgan fingerprint density at radius 2 is 1.92 bits per heavy atom. The molecule has 1 aromatic carbocycles. The summed E-state index contributed by atoms with van der Waals surface area (Å²) in [5, 5.41) is 1.06. The zero-order chi connectivity index (χ0) is 18.1. The first-order chi connectivity index (χ1) is 12.7. The number of likely N-dealkylation sites (tertiary alicyclic amines) is 1. The smallest absolute Gasteiger partial charge is 0.264 e. The highest BCUT2D eigenvalue weighted by molar-refractivity contribution is 7.29. The minimum Gasteiger partial charge on any atom is -0.349 e. The predicted molar refractivity (Wildman–Crippen MR) is 111 cm³/mol.